The van der Waals surface area contributed by atoms with Crippen LogP contribution in [0.3, 0.4) is 0 Å². The number of H-pyrrole nitrogens is 1. The van der Waals surface area contributed by atoms with Crippen molar-refractivity contribution in [2.75, 3.05) is 17.7 Å². The summed E-state index contributed by atoms with van der Waals surface area (Å²) in [6, 6.07) is 8.92. The first-order valence-corrected chi connectivity index (χ1v) is 8.56. The smallest absolute Gasteiger partial charge is 0.354 e. The normalized spacial score (nSPS) is 11.8. The van der Waals surface area contributed by atoms with Gasteiger partial charge in [-0.25, -0.2) is 4.79 Å². The van der Waals surface area contributed by atoms with Gasteiger partial charge < -0.3 is 15.0 Å². The van der Waals surface area contributed by atoms with E-state index in [1.165, 1.54) is 0 Å². The third-order valence-corrected chi connectivity index (χ3v) is 4.13. The van der Waals surface area contributed by atoms with E-state index in [0.29, 0.717) is 35.2 Å². The van der Waals surface area contributed by atoms with Gasteiger partial charge in [0.15, 0.2) is 0 Å². The van der Waals surface area contributed by atoms with Gasteiger partial charge in [0.25, 0.3) is 0 Å². The summed E-state index contributed by atoms with van der Waals surface area (Å²) in [5.41, 5.74) is 1.83. The number of anilines is 1. The zero-order chi connectivity index (χ0) is 17.5. The van der Waals surface area contributed by atoms with Crippen LogP contribution in [-0.4, -0.2) is 29.2 Å². The summed E-state index contributed by atoms with van der Waals surface area (Å²) in [5.74, 6) is -0.501. The van der Waals surface area contributed by atoms with Crippen molar-refractivity contribution in [3.63, 3.8) is 0 Å². The lowest BCUT2D eigenvalue weighted by atomic mass is 10.00. The highest BCUT2D eigenvalue weighted by molar-refractivity contribution is 7.80. The number of esters is 1. The first kappa shape index (κ1) is 18.4. The molecule has 0 radical (unpaired) electrons. The van der Waals surface area contributed by atoms with E-state index in [1.807, 2.05) is 12.1 Å². The van der Waals surface area contributed by atoms with Crippen LogP contribution in [0.15, 0.2) is 36.5 Å². The molecule has 7 heteroatoms. The number of amides is 1. The Morgan fingerprint density at radius 1 is 1.33 bits per heavy atom. The molecule has 24 heavy (non-hydrogen) atoms. The molecule has 1 heterocycles. The zero-order valence-electron chi connectivity index (χ0n) is 13.2. The van der Waals surface area contributed by atoms with Gasteiger partial charge in [0.2, 0.25) is 5.91 Å². The molecule has 5 nitrogen and oxygen atoms in total. The zero-order valence-corrected chi connectivity index (χ0v) is 14.9. The van der Waals surface area contributed by atoms with Crippen molar-refractivity contribution < 1.29 is 14.3 Å². The number of carbonyl (C=O) groups excluding carboxylic acids is 2. The predicted octanol–water partition coefficient (Wildman–Crippen LogP) is 3.57. The second-order valence-corrected chi connectivity index (χ2v) is 6.02. The minimum absolute atomic E-state index is 0.158. The number of hydrogen-bond donors (Lipinski definition) is 3. The number of hydrogen-bond acceptors (Lipinski definition) is 4. The first-order chi connectivity index (χ1) is 11.5. The van der Waals surface area contributed by atoms with Crippen LogP contribution in [0.4, 0.5) is 5.69 Å². The summed E-state index contributed by atoms with van der Waals surface area (Å²) in [4.78, 5) is 26.8. The Bertz CT molecular complexity index is 700. The Morgan fingerprint density at radius 2 is 2.04 bits per heavy atom. The molecule has 2 N–H and O–H groups in total. The number of ether oxygens (including phenoxy) is 1. The molecule has 2 rings (SSSR count). The van der Waals surface area contributed by atoms with Crippen LogP contribution in [0.5, 0.6) is 0 Å². The standard InChI is InChI=1S/C17H19ClN2O3S/c1-2-23-17(22)15-8-14(9-19-15)20-16(21)12(10-24)7-11-3-5-13(18)6-4-11/h3-6,8-9,12,19,24H,2,7,10H2,1H3,(H,20,21). The molecule has 0 bridgehead atoms. The van der Waals surface area contributed by atoms with Gasteiger partial charge >= 0.3 is 5.97 Å². The van der Waals surface area contributed by atoms with E-state index in [9.17, 15) is 9.59 Å². The average molecular weight is 367 g/mol. The predicted molar refractivity (Wildman–Crippen MR) is 97.9 cm³/mol. The fourth-order valence-corrected chi connectivity index (χ4v) is 2.60. The van der Waals surface area contributed by atoms with E-state index in [0.717, 1.165) is 5.56 Å². The second kappa shape index (κ2) is 8.80. The lowest BCUT2D eigenvalue weighted by molar-refractivity contribution is -0.119. The number of rotatable bonds is 7. The molecule has 1 amide bonds. The third-order valence-electron chi connectivity index (χ3n) is 3.43. The molecular formula is C17H19ClN2O3S. The third kappa shape index (κ3) is 5.04. The van der Waals surface area contributed by atoms with E-state index >= 15 is 0 Å². The Kier molecular flexibility index (Phi) is 6.75. The van der Waals surface area contributed by atoms with Gasteiger partial charge in [0.1, 0.15) is 5.69 Å². The molecule has 0 spiro atoms. The molecule has 1 aromatic carbocycles. The molecule has 0 aliphatic rings. The molecule has 0 aliphatic carbocycles. The molecule has 128 valence electrons. The maximum Gasteiger partial charge on any atom is 0.354 e. The van der Waals surface area contributed by atoms with Gasteiger partial charge in [-0.1, -0.05) is 23.7 Å². The molecule has 1 atom stereocenters. The maximum absolute atomic E-state index is 12.4. The van der Waals surface area contributed by atoms with Crippen LogP contribution in [0, 0.1) is 5.92 Å². The lowest BCUT2D eigenvalue weighted by Gasteiger charge is -2.14. The number of carbonyl (C=O) groups is 2. The fraction of sp³-hybridized carbons (Fsp3) is 0.294. The van der Waals surface area contributed by atoms with Gasteiger partial charge in [-0.15, -0.1) is 0 Å². The fourth-order valence-electron chi connectivity index (χ4n) is 2.18. The summed E-state index contributed by atoms with van der Waals surface area (Å²) in [6.45, 7) is 2.03. The number of aromatic amines is 1. The minimum atomic E-state index is -0.454. The van der Waals surface area contributed by atoms with Crippen molar-refractivity contribution in [2.45, 2.75) is 13.3 Å². The van der Waals surface area contributed by atoms with Gasteiger partial charge in [-0.05, 0) is 37.1 Å². The number of benzene rings is 1. The molecular weight excluding hydrogens is 348 g/mol. The van der Waals surface area contributed by atoms with E-state index in [2.05, 4.69) is 22.9 Å². The SMILES string of the molecule is CCOC(=O)c1cc(NC(=O)C(CS)Cc2ccc(Cl)cc2)c[nH]1. The van der Waals surface area contributed by atoms with Crippen LogP contribution in [-0.2, 0) is 16.0 Å². The van der Waals surface area contributed by atoms with E-state index in [4.69, 9.17) is 16.3 Å². The van der Waals surface area contributed by atoms with E-state index in [-0.39, 0.29) is 11.8 Å². The summed E-state index contributed by atoms with van der Waals surface area (Å²) >= 11 is 10.1. The number of nitrogens with one attached hydrogen (secondary N) is 2. The quantitative estimate of drug-likeness (QED) is 0.518. The number of thiol groups is 1. The van der Waals surface area contributed by atoms with Gasteiger partial charge in [0, 0.05) is 17.0 Å². The van der Waals surface area contributed by atoms with Crippen molar-refractivity contribution in [3.8, 4) is 0 Å². The van der Waals surface area contributed by atoms with Crippen LogP contribution in [0.2, 0.25) is 5.02 Å². The summed E-state index contributed by atoms with van der Waals surface area (Å²) in [5, 5.41) is 3.45. The Labute approximate surface area is 151 Å². The van der Waals surface area contributed by atoms with Gasteiger partial charge in [-0.2, -0.15) is 12.6 Å². The van der Waals surface area contributed by atoms with Gasteiger partial charge in [0.05, 0.1) is 18.2 Å². The van der Waals surface area contributed by atoms with E-state index in [1.54, 1.807) is 31.3 Å². The topological polar surface area (TPSA) is 71.2 Å². The largest absolute Gasteiger partial charge is 0.461 e. The maximum atomic E-state index is 12.4. The van der Waals surface area contributed by atoms with Crippen LogP contribution in [0.25, 0.3) is 0 Å². The molecule has 2 aromatic rings. The van der Waals surface area contributed by atoms with Crippen LogP contribution in [0.1, 0.15) is 23.0 Å². The van der Waals surface area contributed by atoms with Crippen LogP contribution >= 0.6 is 24.2 Å². The molecule has 0 fully saturated rings. The van der Waals surface area contributed by atoms with Crippen molar-refractivity contribution in [1.82, 2.24) is 4.98 Å². The van der Waals surface area contributed by atoms with Crippen molar-refractivity contribution in [3.05, 3.63) is 52.8 Å². The molecule has 0 aliphatic heterocycles. The Morgan fingerprint density at radius 3 is 2.67 bits per heavy atom. The highest BCUT2D eigenvalue weighted by atomic mass is 35.5. The van der Waals surface area contributed by atoms with Crippen molar-refractivity contribution in [2.24, 2.45) is 5.92 Å². The number of aromatic nitrogens is 1. The van der Waals surface area contributed by atoms with Crippen LogP contribution < -0.4 is 5.32 Å². The first-order valence-electron chi connectivity index (χ1n) is 7.55. The van der Waals surface area contributed by atoms with E-state index < -0.39 is 5.97 Å². The molecule has 0 saturated carbocycles. The number of halogens is 1. The summed E-state index contributed by atoms with van der Waals surface area (Å²) in [7, 11) is 0. The minimum Gasteiger partial charge on any atom is -0.461 e. The second-order valence-electron chi connectivity index (χ2n) is 5.22. The van der Waals surface area contributed by atoms with Gasteiger partial charge in [-0.3, -0.25) is 4.79 Å². The Hall–Kier alpha value is -1.92. The lowest BCUT2D eigenvalue weighted by Crippen LogP contribution is -2.25. The highest BCUT2D eigenvalue weighted by Crippen LogP contribution is 2.17. The summed E-state index contributed by atoms with van der Waals surface area (Å²) < 4.78 is 4.90. The molecule has 0 saturated heterocycles. The van der Waals surface area contributed by atoms with Crippen molar-refractivity contribution in [1.29, 1.82) is 0 Å². The monoisotopic (exact) mass is 366 g/mol. The Balaban J connectivity index is 1.99. The average Bonchev–Trinajstić information content (AvgIpc) is 3.03. The molecule has 1 unspecified atom stereocenters. The summed E-state index contributed by atoms with van der Waals surface area (Å²) in [6.07, 6.45) is 2.11. The molecule has 1 aromatic heterocycles. The highest BCUT2D eigenvalue weighted by Gasteiger charge is 2.19. The van der Waals surface area contributed by atoms with Crippen molar-refractivity contribution >= 4 is 41.8 Å².